The fourth-order valence-corrected chi connectivity index (χ4v) is 1.70. The van der Waals surface area contributed by atoms with E-state index in [0.29, 0.717) is 32.1 Å². The molecule has 0 aromatic heterocycles. The first kappa shape index (κ1) is 17.7. The van der Waals surface area contributed by atoms with Crippen molar-refractivity contribution in [2.75, 3.05) is 46.1 Å². The summed E-state index contributed by atoms with van der Waals surface area (Å²) in [5.41, 5.74) is 0. The zero-order chi connectivity index (χ0) is 15.3. The van der Waals surface area contributed by atoms with E-state index in [9.17, 15) is 5.11 Å². The number of hydrogen-bond donors (Lipinski definition) is 3. The number of ether oxygens (including phenoxy) is 3. The molecule has 1 aromatic carbocycles. The van der Waals surface area contributed by atoms with E-state index in [1.807, 2.05) is 36.5 Å². The van der Waals surface area contributed by atoms with E-state index < -0.39 is 6.10 Å². The summed E-state index contributed by atoms with van der Waals surface area (Å²) in [6.45, 7) is 5.09. The van der Waals surface area contributed by atoms with Gasteiger partial charge in [-0.3, -0.25) is 0 Å². The molecule has 0 aliphatic rings. The first-order chi connectivity index (χ1) is 10.3. The molecule has 0 radical (unpaired) electrons. The van der Waals surface area contributed by atoms with Crippen LogP contribution in [-0.2, 0) is 4.74 Å². The minimum absolute atomic E-state index is 0.0402. The lowest BCUT2D eigenvalue weighted by molar-refractivity contribution is -0.662. The van der Waals surface area contributed by atoms with Crippen LogP contribution in [0.5, 0.6) is 11.5 Å². The second-order valence-corrected chi connectivity index (χ2v) is 4.52. The van der Waals surface area contributed by atoms with E-state index in [1.54, 1.807) is 0 Å². The number of quaternary nitrogens is 1. The average Bonchev–Trinajstić information content (AvgIpc) is 2.50. The van der Waals surface area contributed by atoms with Crippen molar-refractivity contribution < 1.29 is 29.7 Å². The number of aliphatic hydroxyl groups excluding tert-OH is 2. The molecule has 0 aliphatic heterocycles. The molecule has 0 fully saturated rings. The third kappa shape index (κ3) is 8.52. The molecule has 0 bridgehead atoms. The highest BCUT2D eigenvalue weighted by Crippen LogP contribution is 2.17. The molecule has 0 saturated heterocycles. The topological polar surface area (TPSA) is 84.8 Å². The molecule has 0 spiro atoms. The fraction of sp³-hybridized carbons (Fsp3) is 0.600. The summed E-state index contributed by atoms with van der Waals surface area (Å²) in [6, 6.07) is 7.33. The van der Waals surface area contributed by atoms with Crippen molar-refractivity contribution >= 4 is 0 Å². The Morgan fingerprint density at radius 2 is 1.76 bits per heavy atom. The van der Waals surface area contributed by atoms with Crippen LogP contribution in [0.3, 0.4) is 0 Å². The molecule has 120 valence electrons. The smallest absolute Gasteiger partial charge is 0.137 e. The molecule has 0 amide bonds. The quantitative estimate of drug-likeness (QED) is 0.449. The van der Waals surface area contributed by atoms with Crippen molar-refractivity contribution in [1.82, 2.24) is 0 Å². The Kier molecular flexibility index (Phi) is 9.56. The molecular formula is C15H26NO5+. The minimum atomic E-state index is -0.533. The van der Waals surface area contributed by atoms with Crippen LogP contribution < -0.4 is 14.8 Å². The third-order valence-corrected chi connectivity index (χ3v) is 2.72. The number of nitrogens with two attached hydrogens (primary N) is 1. The van der Waals surface area contributed by atoms with Gasteiger partial charge in [-0.1, -0.05) is 0 Å². The normalized spacial score (nSPS) is 12.1. The van der Waals surface area contributed by atoms with E-state index in [2.05, 4.69) is 0 Å². The Bertz CT molecular complexity index is 358. The van der Waals surface area contributed by atoms with E-state index in [0.717, 1.165) is 12.3 Å². The van der Waals surface area contributed by atoms with E-state index in [4.69, 9.17) is 19.3 Å². The maximum absolute atomic E-state index is 9.79. The van der Waals surface area contributed by atoms with Gasteiger partial charge in [0.15, 0.2) is 0 Å². The maximum atomic E-state index is 9.79. The van der Waals surface area contributed by atoms with Crippen molar-refractivity contribution in [2.45, 2.75) is 13.0 Å². The SMILES string of the molecule is CCOc1ccc(OC[C@H](O)C[NH2+]CCOCCO)cc1. The highest BCUT2D eigenvalue weighted by molar-refractivity contribution is 5.31. The highest BCUT2D eigenvalue weighted by atomic mass is 16.5. The standard InChI is InChI=1S/C15H25NO5/c1-2-20-14-3-5-15(6-4-14)21-12-13(18)11-16-7-9-19-10-8-17/h3-6,13,16-18H,2,7-12H2,1H3/p+1/t13-/m1/s1. The van der Waals surface area contributed by atoms with E-state index in [1.165, 1.54) is 0 Å². The van der Waals surface area contributed by atoms with Gasteiger partial charge in [0.25, 0.3) is 0 Å². The molecule has 1 atom stereocenters. The van der Waals surface area contributed by atoms with Gasteiger partial charge in [0, 0.05) is 0 Å². The molecule has 0 saturated carbocycles. The van der Waals surface area contributed by atoms with Crippen LogP contribution in [-0.4, -0.2) is 62.4 Å². The van der Waals surface area contributed by atoms with Gasteiger partial charge in [-0.2, -0.15) is 0 Å². The minimum Gasteiger partial charge on any atom is -0.494 e. The van der Waals surface area contributed by atoms with Crippen LogP contribution in [0.2, 0.25) is 0 Å². The largest absolute Gasteiger partial charge is 0.494 e. The van der Waals surface area contributed by atoms with Crippen LogP contribution in [0.15, 0.2) is 24.3 Å². The summed E-state index contributed by atoms with van der Waals surface area (Å²) in [5, 5.41) is 20.3. The summed E-state index contributed by atoms with van der Waals surface area (Å²) < 4.78 is 16.0. The second-order valence-electron chi connectivity index (χ2n) is 4.52. The van der Waals surface area contributed by atoms with Gasteiger partial charge >= 0.3 is 0 Å². The van der Waals surface area contributed by atoms with Gasteiger partial charge < -0.3 is 29.7 Å². The number of benzene rings is 1. The second kappa shape index (κ2) is 11.3. The van der Waals surface area contributed by atoms with Crippen LogP contribution in [0.1, 0.15) is 6.92 Å². The zero-order valence-electron chi connectivity index (χ0n) is 12.5. The first-order valence-electron chi connectivity index (χ1n) is 7.30. The molecule has 4 N–H and O–H groups in total. The summed E-state index contributed by atoms with van der Waals surface area (Å²) in [6.07, 6.45) is -0.533. The zero-order valence-corrected chi connectivity index (χ0v) is 12.5. The Labute approximate surface area is 125 Å². The first-order valence-corrected chi connectivity index (χ1v) is 7.30. The van der Waals surface area contributed by atoms with Crippen molar-refractivity contribution in [3.63, 3.8) is 0 Å². The Morgan fingerprint density at radius 3 is 2.38 bits per heavy atom. The number of hydrogen-bond acceptors (Lipinski definition) is 5. The predicted molar refractivity (Wildman–Crippen MR) is 78.7 cm³/mol. The van der Waals surface area contributed by atoms with Crippen molar-refractivity contribution in [3.05, 3.63) is 24.3 Å². The molecule has 0 aliphatic carbocycles. The lowest BCUT2D eigenvalue weighted by Crippen LogP contribution is -2.87. The van der Waals surface area contributed by atoms with Gasteiger partial charge in [-0.25, -0.2) is 0 Å². The van der Waals surface area contributed by atoms with Crippen LogP contribution in [0.25, 0.3) is 0 Å². The Hall–Kier alpha value is -1.34. The number of aliphatic hydroxyl groups is 2. The van der Waals surface area contributed by atoms with Crippen LogP contribution in [0.4, 0.5) is 0 Å². The van der Waals surface area contributed by atoms with Gasteiger partial charge in [0.1, 0.15) is 30.8 Å². The molecule has 1 rings (SSSR count). The van der Waals surface area contributed by atoms with Gasteiger partial charge in [0.05, 0.1) is 33.0 Å². The van der Waals surface area contributed by atoms with Gasteiger partial charge in [0.2, 0.25) is 0 Å². The Balaban J connectivity index is 2.10. The molecule has 21 heavy (non-hydrogen) atoms. The van der Waals surface area contributed by atoms with Gasteiger partial charge in [-0.15, -0.1) is 0 Å². The van der Waals surface area contributed by atoms with Crippen LogP contribution >= 0.6 is 0 Å². The van der Waals surface area contributed by atoms with Crippen molar-refractivity contribution in [2.24, 2.45) is 0 Å². The molecule has 6 nitrogen and oxygen atoms in total. The fourth-order valence-electron chi connectivity index (χ4n) is 1.70. The Morgan fingerprint density at radius 1 is 1.10 bits per heavy atom. The van der Waals surface area contributed by atoms with E-state index in [-0.39, 0.29) is 13.2 Å². The molecule has 0 heterocycles. The molecule has 0 unspecified atom stereocenters. The lowest BCUT2D eigenvalue weighted by Gasteiger charge is -2.12. The maximum Gasteiger partial charge on any atom is 0.137 e. The third-order valence-electron chi connectivity index (χ3n) is 2.72. The van der Waals surface area contributed by atoms with Gasteiger partial charge in [-0.05, 0) is 31.2 Å². The van der Waals surface area contributed by atoms with Crippen LogP contribution in [0, 0.1) is 0 Å². The molecular weight excluding hydrogens is 274 g/mol. The summed E-state index contributed by atoms with van der Waals surface area (Å²) in [7, 11) is 0. The summed E-state index contributed by atoms with van der Waals surface area (Å²) in [5.74, 6) is 1.52. The monoisotopic (exact) mass is 300 g/mol. The molecule has 1 aromatic rings. The van der Waals surface area contributed by atoms with E-state index >= 15 is 0 Å². The average molecular weight is 300 g/mol. The lowest BCUT2D eigenvalue weighted by atomic mass is 10.3. The highest BCUT2D eigenvalue weighted by Gasteiger charge is 2.07. The summed E-state index contributed by atoms with van der Waals surface area (Å²) in [4.78, 5) is 0. The molecule has 6 heteroatoms. The van der Waals surface area contributed by atoms with Crippen molar-refractivity contribution in [1.29, 1.82) is 0 Å². The van der Waals surface area contributed by atoms with Crippen molar-refractivity contribution in [3.8, 4) is 11.5 Å². The summed E-state index contributed by atoms with van der Waals surface area (Å²) >= 11 is 0. The predicted octanol–water partition coefficient (Wildman–Crippen LogP) is -0.603. The number of rotatable bonds is 12.